The first-order valence-corrected chi connectivity index (χ1v) is 13.4. The molecule has 2 amide bonds. The number of alkyl halides is 3. The van der Waals surface area contributed by atoms with Crippen LogP contribution in [0.2, 0.25) is 0 Å². The van der Waals surface area contributed by atoms with Crippen LogP contribution < -0.4 is 20.4 Å². The molecule has 0 radical (unpaired) electrons. The third kappa shape index (κ3) is 7.53. The van der Waals surface area contributed by atoms with E-state index in [9.17, 15) is 27.2 Å². The van der Waals surface area contributed by atoms with Crippen molar-refractivity contribution in [2.75, 3.05) is 47.8 Å². The maximum atomic E-state index is 13.9. The van der Waals surface area contributed by atoms with Crippen molar-refractivity contribution in [3.05, 3.63) is 65.4 Å². The van der Waals surface area contributed by atoms with Gasteiger partial charge in [0.1, 0.15) is 11.6 Å². The van der Waals surface area contributed by atoms with Gasteiger partial charge in [-0.3, -0.25) is 9.59 Å². The van der Waals surface area contributed by atoms with Crippen LogP contribution in [0.1, 0.15) is 59.7 Å². The molecule has 9 nitrogen and oxygen atoms in total. The van der Waals surface area contributed by atoms with Crippen molar-refractivity contribution in [2.45, 2.75) is 39.3 Å². The lowest BCUT2D eigenvalue weighted by atomic mass is 10.0. The molecule has 1 unspecified atom stereocenters. The maximum Gasteiger partial charge on any atom is 0.437 e. The van der Waals surface area contributed by atoms with Gasteiger partial charge in [0, 0.05) is 32.7 Å². The molecule has 1 aromatic carbocycles. The summed E-state index contributed by atoms with van der Waals surface area (Å²) in [7, 11) is 0. The largest absolute Gasteiger partial charge is 0.437 e. The molecule has 1 fully saturated rings. The van der Waals surface area contributed by atoms with Gasteiger partial charge >= 0.3 is 6.18 Å². The highest BCUT2D eigenvalue weighted by atomic mass is 19.4. The number of oxazole rings is 1. The second-order valence-electron chi connectivity index (χ2n) is 9.95. The van der Waals surface area contributed by atoms with E-state index in [2.05, 4.69) is 20.6 Å². The highest BCUT2D eigenvalue weighted by Gasteiger charge is 2.42. The number of hydrogen-bond acceptors (Lipinski definition) is 7. The first-order chi connectivity index (χ1) is 19.6. The fraction of sp³-hybridized carbons (Fsp3) is 0.429. The predicted octanol–water partition coefficient (Wildman–Crippen LogP) is 5.36. The number of benzene rings is 1. The SMILES string of the molecule is CCCN(CCNC(=O)c1ccccc1F)c1ccc(NC(=O)c2oc(N3CCCC(C)C3)nc2C(F)(F)F)cn1. The summed E-state index contributed by atoms with van der Waals surface area (Å²) in [6.45, 7) is 6.14. The lowest BCUT2D eigenvalue weighted by molar-refractivity contribution is -0.141. The number of aromatic nitrogens is 2. The number of hydrogen-bond donors (Lipinski definition) is 2. The molecule has 2 aromatic heterocycles. The molecule has 13 heteroatoms. The van der Waals surface area contributed by atoms with E-state index in [1.807, 2.05) is 18.7 Å². The Labute approximate surface area is 234 Å². The van der Waals surface area contributed by atoms with Gasteiger partial charge in [-0.15, -0.1) is 0 Å². The first kappa shape index (κ1) is 29.8. The lowest BCUT2D eigenvalue weighted by Crippen LogP contribution is -2.36. The quantitative estimate of drug-likeness (QED) is 0.313. The minimum atomic E-state index is -4.87. The summed E-state index contributed by atoms with van der Waals surface area (Å²) >= 11 is 0. The van der Waals surface area contributed by atoms with E-state index in [1.165, 1.54) is 30.5 Å². The molecule has 41 heavy (non-hydrogen) atoms. The Morgan fingerprint density at radius 3 is 2.59 bits per heavy atom. The number of nitrogens with zero attached hydrogens (tertiary/aromatic N) is 4. The molecule has 3 heterocycles. The second-order valence-corrected chi connectivity index (χ2v) is 9.95. The van der Waals surface area contributed by atoms with E-state index in [-0.39, 0.29) is 29.7 Å². The standard InChI is InChI=1S/C28H32F4N6O3/c1-3-13-37(15-12-33-25(39)20-8-4-5-9-21(20)29)22-11-10-19(16-34-22)35-26(40)23-24(28(30,31)32)36-27(41-23)38-14-6-7-18(2)17-38/h4-5,8-11,16,18H,3,6-7,12-15,17H2,1-2H3,(H,33,39)(H,35,40). The van der Waals surface area contributed by atoms with E-state index < -0.39 is 35.3 Å². The summed E-state index contributed by atoms with van der Waals surface area (Å²) < 4.78 is 60.3. The highest BCUT2D eigenvalue weighted by Crippen LogP contribution is 2.35. The Kier molecular flexibility index (Phi) is 9.46. The number of nitrogens with one attached hydrogen (secondary N) is 2. The predicted molar refractivity (Wildman–Crippen MR) is 146 cm³/mol. The van der Waals surface area contributed by atoms with Crippen LogP contribution in [0.5, 0.6) is 0 Å². The van der Waals surface area contributed by atoms with Crippen molar-refractivity contribution in [3.63, 3.8) is 0 Å². The molecule has 1 aliphatic heterocycles. The molecule has 0 spiro atoms. The Balaban J connectivity index is 1.41. The van der Waals surface area contributed by atoms with E-state index in [4.69, 9.17) is 4.42 Å². The van der Waals surface area contributed by atoms with Crippen LogP contribution in [0, 0.1) is 11.7 Å². The molecule has 220 valence electrons. The normalized spacial score (nSPS) is 15.5. The van der Waals surface area contributed by atoms with Crippen molar-refractivity contribution < 1.29 is 31.6 Å². The number of carbonyl (C=O) groups excluding carboxylic acids is 2. The van der Waals surface area contributed by atoms with Gasteiger partial charge in [0.2, 0.25) is 5.76 Å². The summed E-state index contributed by atoms with van der Waals surface area (Å²) in [5, 5.41) is 5.09. The zero-order valence-corrected chi connectivity index (χ0v) is 22.8. The van der Waals surface area contributed by atoms with Gasteiger partial charge in [0.25, 0.3) is 17.8 Å². The summed E-state index contributed by atoms with van der Waals surface area (Å²) in [4.78, 5) is 36.6. The van der Waals surface area contributed by atoms with Crippen LogP contribution in [-0.2, 0) is 6.18 Å². The van der Waals surface area contributed by atoms with Gasteiger partial charge in [-0.2, -0.15) is 18.2 Å². The Morgan fingerprint density at radius 2 is 1.93 bits per heavy atom. The molecule has 1 saturated heterocycles. The molecular formula is C28H32F4N6O3. The molecule has 0 bridgehead atoms. The molecular weight excluding hydrogens is 544 g/mol. The fourth-order valence-corrected chi connectivity index (χ4v) is 4.64. The van der Waals surface area contributed by atoms with Crippen LogP contribution in [-0.4, -0.2) is 54.5 Å². The van der Waals surface area contributed by atoms with E-state index in [0.717, 1.165) is 19.3 Å². The third-order valence-corrected chi connectivity index (χ3v) is 6.63. The highest BCUT2D eigenvalue weighted by molar-refractivity contribution is 6.03. The summed E-state index contributed by atoms with van der Waals surface area (Å²) in [5.74, 6) is -2.34. The molecule has 1 atom stereocenters. The number of piperidine rings is 1. The van der Waals surface area contributed by atoms with Crippen LogP contribution in [0.15, 0.2) is 47.0 Å². The fourth-order valence-electron chi connectivity index (χ4n) is 4.64. The number of anilines is 3. The zero-order chi connectivity index (χ0) is 29.6. The molecule has 4 rings (SSSR count). The Bertz CT molecular complexity index is 1350. The summed E-state index contributed by atoms with van der Waals surface area (Å²) in [5.41, 5.74) is -1.26. The maximum absolute atomic E-state index is 13.9. The molecule has 0 aliphatic carbocycles. The van der Waals surface area contributed by atoms with E-state index in [1.54, 1.807) is 17.0 Å². The van der Waals surface area contributed by atoms with Crippen molar-refractivity contribution in [3.8, 4) is 0 Å². The number of rotatable bonds is 10. The average Bonchev–Trinajstić information content (AvgIpc) is 3.40. The average molecular weight is 577 g/mol. The Hall–Kier alpha value is -4.16. The van der Waals surface area contributed by atoms with Gasteiger partial charge in [-0.05, 0) is 49.4 Å². The molecule has 0 saturated carbocycles. The van der Waals surface area contributed by atoms with Crippen molar-refractivity contribution in [2.24, 2.45) is 5.92 Å². The smallest absolute Gasteiger partial charge is 0.417 e. The third-order valence-electron chi connectivity index (χ3n) is 6.63. The summed E-state index contributed by atoms with van der Waals surface area (Å²) in [6, 6.07) is 8.58. The van der Waals surface area contributed by atoms with Crippen LogP contribution in [0.25, 0.3) is 0 Å². The van der Waals surface area contributed by atoms with Crippen molar-refractivity contribution in [1.29, 1.82) is 0 Å². The number of carbonyl (C=O) groups is 2. The minimum Gasteiger partial charge on any atom is -0.417 e. The van der Waals surface area contributed by atoms with Crippen LogP contribution in [0.3, 0.4) is 0 Å². The van der Waals surface area contributed by atoms with Crippen LogP contribution >= 0.6 is 0 Å². The zero-order valence-electron chi connectivity index (χ0n) is 22.8. The molecule has 2 N–H and O–H groups in total. The van der Waals surface area contributed by atoms with Gasteiger partial charge in [0.05, 0.1) is 17.4 Å². The second kappa shape index (κ2) is 13.0. The van der Waals surface area contributed by atoms with Crippen molar-refractivity contribution in [1.82, 2.24) is 15.3 Å². The number of amides is 2. The minimum absolute atomic E-state index is 0.0502. The van der Waals surface area contributed by atoms with Gasteiger partial charge in [0.15, 0.2) is 5.69 Å². The monoisotopic (exact) mass is 576 g/mol. The molecule has 3 aromatic rings. The van der Waals surface area contributed by atoms with E-state index >= 15 is 0 Å². The van der Waals surface area contributed by atoms with E-state index in [0.29, 0.717) is 32.0 Å². The molecule has 1 aliphatic rings. The van der Waals surface area contributed by atoms with Gasteiger partial charge in [-0.25, -0.2) is 9.37 Å². The topological polar surface area (TPSA) is 104 Å². The number of halogens is 4. The Morgan fingerprint density at radius 1 is 1.15 bits per heavy atom. The number of pyridine rings is 1. The summed E-state index contributed by atoms with van der Waals surface area (Å²) in [6.07, 6.45) is -1.04. The van der Waals surface area contributed by atoms with Crippen molar-refractivity contribution >= 4 is 29.3 Å². The van der Waals surface area contributed by atoms with Gasteiger partial charge < -0.3 is 24.9 Å². The lowest BCUT2D eigenvalue weighted by Gasteiger charge is -2.29. The van der Waals surface area contributed by atoms with Gasteiger partial charge in [-0.1, -0.05) is 26.0 Å². The first-order valence-electron chi connectivity index (χ1n) is 13.4. The van der Waals surface area contributed by atoms with Crippen LogP contribution in [0.4, 0.5) is 35.1 Å².